The molecule has 0 amide bonds. The lowest BCUT2D eigenvalue weighted by Gasteiger charge is -2.16. The highest BCUT2D eigenvalue weighted by Crippen LogP contribution is 2.19. The van der Waals surface area contributed by atoms with Crippen LogP contribution in [0.5, 0.6) is 0 Å². The molecule has 3 aromatic rings. The first-order valence-electron chi connectivity index (χ1n) is 8.73. The quantitative estimate of drug-likeness (QED) is 0.680. The fourth-order valence-corrected chi connectivity index (χ4v) is 3.62. The molecule has 1 atom stereocenters. The molecule has 6 nitrogen and oxygen atoms in total. The van der Waals surface area contributed by atoms with Gasteiger partial charge < -0.3 is 5.32 Å². The van der Waals surface area contributed by atoms with E-state index in [9.17, 15) is 8.42 Å². The van der Waals surface area contributed by atoms with Gasteiger partial charge in [0, 0.05) is 39.1 Å². The van der Waals surface area contributed by atoms with E-state index in [1.165, 1.54) is 24.0 Å². The molecule has 0 radical (unpaired) electrons. The highest BCUT2D eigenvalue weighted by Gasteiger charge is 2.17. The van der Waals surface area contributed by atoms with E-state index in [0.29, 0.717) is 4.90 Å². The SMILES string of the molecule is CC(NCc1ccc(-n2cccn2)cc1)c1ccc(S(=O)(=O)N(C)C)cc1. The standard InChI is InChI=1S/C20H24N4O2S/c1-16(18-7-11-20(12-8-18)27(25,26)23(2)3)21-15-17-5-9-19(10-6-17)24-14-4-13-22-24/h4-14,16,21H,15H2,1-3H3. The van der Waals surface area contributed by atoms with Crippen molar-refractivity contribution in [1.29, 1.82) is 0 Å². The van der Waals surface area contributed by atoms with E-state index in [4.69, 9.17) is 0 Å². The van der Waals surface area contributed by atoms with E-state index in [2.05, 4.69) is 29.5 Å². The van der Waals surface area contributed by atoms with E-state index in [-0.39, 0.29) is 6.04 Å². The molecule has 0 aliphatic rings. The second-order valence-electron chi connectivity index (χ2n) is 6.58. The van der Waals surface area contributed by atoms with Crippen molar-refractivity contribution in [3.8, 4) is 5.69 Å². The van der Waals surface area contributed by atoms with Gasteiger partial charge >= 0.3 is 0 Å². The first-order valence-corrected chi connectivity index (χ1v) is 10.2. The molecule has 0 bridgehead atoms. The minimum absolute atomic E-state index is 0.104. The van der Waals surface area contributed by atoms with Crippen LogP contribution in [0.2, 0.25) is 0 Å². The maximum absolute atomic E-state index is 12.1. The molecule has 0 fully saturated rings. The number of sulfonamides is 1. The summed E-state index contributed by atoms with van der Waals surface area (Å²) in [6, 6.07) is 17.2. The van der Waals surface area contributed by atoms with E-state index >= 15 is 0 Å². The Hall–Kier alpha value is -2.48. The number of nitrogens with zero attached hydrogens (tertiary/aromatic N) is 3. The average Bonchev–Trinajstić information content (AvgIpc) is 3.21. The van der Waals surface area contributed by atoms with Crippen molar-refractivity contribution >= 4 is 10.0 Å². The predicted octanol–water partition coefficient (Wildman–Crippen LogP) is 2.97. The molecule has 142 valence electrons. The second kappa shape index (κ2) is 8.04. The van der Waals surface area contributed by atoms with Crippen molar-refractivity contribution in [1.82, 2.24) is 19.4 Å². The first kappa shape index (κ1) is 19.3. The van der Waals surface area contributed by atoms with Gasteiger partial charge in [-0.05, 0) is 48.4 Å². The lowest BCUT2D eigenvalue weighted by atomic mass is 10.1. The third-order valence-electron chi connectivity index (χ3n) is 4.48. The molecule has 1 aromatic heterocycles. The van der Waals surface area contributed by atoms with Crippen LogP contribution in [0.15, 0.2) is 71.9 Å². The van der Waals surface area contributed by atoms with Gasteiger partial charge in [0.05, 0.1) is 10.6 Å². The van der Waals surface area contributed by atoms with Gasteiger partial charge in [0.2, 0.25) is 10.0 Å². The first-order chi connectivity index (χ1) is 12.9. The Morgan fingerprint density at radius 1 is 1.07 bits per heavy atom. The molecule has 1 N–H and O–H groups in total. The van der Waals surface area contributed by atoms with Crippen molar-refractivity contribution in [2.24, 2.45) is 0 Å². The Kier molecular flexibility index (Phi) is 5.74. The summed E-state index contributed by atoms with van der Waals surface area (Å²) in [5.41, 5.74) is 3.24. The number of nitrogens with one attached hydrogen (secondary N) is 1. The van der Waals surface area contributed by atoms with Gasteiger partial charge in [-0.3, -0.25) is 0 Å². The Morgan fingerprint density at radius 2 is 1.74 bits per heavy atom. The molecule has 0 saturated carbocycles. The zero-order chi connectivity index (χ0) is 19.4. The molecule has 2 aromatic carbocycles. The summed E-state index contributed by atoms with van der Waals surface area (Å²) in [5, 5.41) is 7.69. The molecular formula is C20H24N4O2S. The topological polar surface area (TPSA) is 67.2 Å². The summed E-state index contributed by atoms with van der Waals surface area (Å²) < 4.78 is 27.3. The van der Waals surface area contributed by atoms with Crippen LogP contribution in [0.4, 0.5) is 0 Å². The minimum atomic E-state index is -3.39. The smallest absolute Gasteiger partial charge is 0.242 e. The summed E-state index contributed by atoms with van der Waals surface area (Å²) >= 11 is 0. The highest BCUT2D eigenvalue weighted by molar-refractivity contribution is 7.89. The molecule has 0 spiro atoms. The van der Waals surface area contributed by atoms with Gasteiger partial charge in [0.1, 0.15) is 0 Å². The highest BCUT2D eigenvalue weighted by atomic mass is 32.2. The molecule has 27 heavy (non-hydrogen) atoms. The van der Waals surface area contributed by atoms with Gasteiger partial charge in [-0.1, -0.05) is 24.3 Å². The maximum atomic E-state index is 12.1. The average molecular weight is 385 g/mol. The van der Waals surface area contributed by atoms with Gasteiger partial charge in [0.15, 0.2) is 0 Å². The molecular weight excluding hydrogens is 360 g/mol. The fourth-order valence-electron chi connectivity index (χ4n) is 2.72. The molecule has 0 saturated heterocycles. The number of aromatic nitrogens is 2. The van der Waals surface area contributed by atoms with Gasteiger partial charge in [0.25, 0.3) is 0 Å². The summed E-state index contributed by atoms with van der Waals surface area (Å²) in [7, 11) is -0.326. The maximum Gasteiger partial charge on any atom is 0.242 e. The van der Waals surface area contributed by atoms with Crippen LogP contribution >= 0.6 is 0 Å². The van der Waals surface area contributed by atoms with Gasteiger partial charge in [-0.15, -0.1) is 0 Å². The molecule has 0 aliphatic carbocycles. The molecule has 1 unspecified atom stereocenters. The number of hydrogen-bond acceptors (Lipinski definition) is 4. The monoisotopic (exact) mass is 384 g/mol. The summed E-state index contributed by atoms with van der Waals surface area (Å²) in [5.74, 6) is 0. The second-order valence-corrected chi connectivity index (χ2v) is 8.73. The van der Waals surface area contributed by atoms with Crippen molar-refractivity contribution in [3.63, 3.8) is 0 Å². The minimum Gasteiger partial charge on any atom is -0.306 e. The zero-order valence-corrected chi connectivity index (χ0v) is 16.5. The van der Waals surface area contributed by atoms with E-state index in [0.717, 1.165) is 17.8 Å². The Balaban J connectivity index is 1.61. The number of benzene rings is 2. The van der Waals surface area contributed by atoms with E-state index < -0.39 is 10.0 Å². The number of hydrogen-bond donors (Lipinski definition) is 1. The summed E-state index contributed by atoms with van der Waals surface area (Å²) in [6.07, 6.45) is 3.67. The van der Waals surface area contributed by atoms with Gasteiger partial charge in [-0.2, -0.15) is 5.10 Å². The van der Waals surface area contributed by atoms with Crippen LogP contribution in [-0.4, -0.2) is 36.6 Å². The van der Waals surface area contributed by atoms with Crippen molar-refractivity contribution in [2.45, 2.75) is 24.4 Å². The molecule has 3 rings (SSSR count). The van der Waals surface area contributed by atoms with Crippen LogP contribution in [0.1, 0.15) is 24.1 Å². The predicted molar refractivity (Wildman–Crippen MR) is 106 cm³/mol. The van der Waals surface area contributed by atoms with Crippen LogP contribution in [0.3, 0.4) is 0 Å². The third-order valence-corrected chi connectivity index (χ3v) is 6.31. The largest absolute Gasteiger partial charge is 0.306 e. The van der Waals surface area contributed by atoms with Crippen LogP contribution in [0.25, 0.3) is 5.69 Å². The Bertz CT molecular complexity index is 964. The normalized spacial score (nSPS) is 13.0. The zero-order valence-electron chi connectivity index (χ0n) is 15.7. The Morgan fingerprint density at radius 3 is 2.30 bits per heavy atom. The van der Waals surface area contributed by atoms with Gasteiger partial charge in [-0.25, -0.2) is 17.4 Å². The van der Waals surface area contributed by atoms with E-state index in [1.807, 2.05) is 41.2 Å². The number of rotatable bonds is 7. The van der Waals surface area contributed by atoms with Crippen LogP contribution in [0, 0.1) is 0 Å². The van der Waals surface area contributed by atoms with Crippen molar-refractivity contribution in [3.05, 3.63) is 78.1 Å². The summed E-state index contributed by atoms with van der Waals surface area (Å²) in [6.45, 7) is 2.78. The van der Waals surface area contributed by atoms with Crippen molar-refractivity contribution in [2.75, 3.05) is 14.1 Å². The third kappa shape index (κ3) is 4.44. The Labute approximate surface area is 160 Å². The van der Waals surface area contributed by atoms with Crippen molar-refractivity contribution < 1.29 is 8.42 Å². The lowest BCUT2D eigenvalue weighted by molar-refractivity contribution is 0.520. The van der Waals surface area contributed by atoms with E-state index in [1.54, 1.807) is 18.3 Å². The van der Waals surface area contributed by atoms with Crippen LogP contribution < -0.4 is 5.32 Å². The molecule has 7 heteroatoms. The summed E-state index contributed by atoms with van der Waals surface area (Å²) in [4.78, 5) is 0.303. The fraction of sp³-hybridized carbons (Fsp3) is 0.250. The molecule has 0 aliphatic heterocycles. The lowest BCUT2D eigenvalue weighted by Crippen LogP contribution is -2.22. The molecule has 1 heterocycles. The van der Waals surface area contributed by atoms with Crippen LogP contribution in [-0.2, 0) is 16.6 Å².